The first-order valence-corrected chi connectivity index (χ1v) is 8.89. The van der Waals surface area contributed by atoms with Gasteiger partial charge >= 0.3 is 5.97 Å². The van der Waals surface area contributed by atoms with Gasteiger partial charge < -0.3 is 21.1 Å². The molecule has 1 heterocycles. The number of thiophene rings is 1. The summed E-state index contributed by atoms with van der Waals surface area (Å²) in [6, 6.07) is 9.11. The van der Waals surface area contributed by atoms with Crippen LogP contribution in [0.5, 0.6) is 0 Å². The number of nitrogens with two attached hydrogens (primary N) is 1. The third kappa shape index (κ3) is 6.55. The van der Waals surface area contributed by atoms with Gasteiger partial charge in [0.15, 0.2) is 6.61 Å². The molecule has 0 aliphatic rings. The number of primary amides is 1. The van der Waals surface area contributed by atoms with Crippen LogP contribution in [0.3, 0.4) is 0 Å². The second-order valence-electron chi connectivity index (χ2n) is 5.62. The molecular formula is C18H19N3O5S. The minimum absolute atomic E-state index is 0.0827. The molecule has 1 atom stereocenters. The van der Waals surface area contributed by atoms with Crippen molar-refractivity contribution in [3.63, 3.8) is 0 Å². The van der Waals surface area contributed by atoms with Crippen LogP contribution in [0.2, 0.25) is 0 Å². The average Bonchev–Trinajstić information content (AvgIpc) is 3.14. The molecule has 4 N–H and O–H groups in total. The number of carbonyl (C=O) groups is 4. The van der Waals surface area contributed by atoms with Crippen LogP contribution in [-0.2, 0) is 19.1 Å². The zero-order valence-corrected chi connectivity index (χ0v) is 15.4. The van der Waals surface area contributed by atoms with Crippen molar-refractivity contribution in [2.75, 3.05) is 11.9 Å². The van der Waals surface area contributed by atoms with Gasteiger partial charge in [0.2, 0.25) is 11.8 Å². The Labute approximate surface area is 159 Å². The molecule has 0 radical (unpaired) electrons. The van der Waals surface area contributed by atoms with E-state index in [2.05, 4.69) is 10.6 Å². The van der Waals surface area contributed by atoms with E-state index in [0.29, 0.717) is 11.3 Å². The molecule has 2 aromatic rings. The maximum atomic E-state index is 12.0. The molecule has 1 unspecified atom stereocenters. The van der Waals surface area contributed by atoms with Crippen LogP contribution in [0.15, 0.2) is 41.8 Å². The molecule has 142 valence electrons. The lowest BCUT2D eigenvalue weighted by Crippen LogP contribution is -2.29. The van der Waals surface area contributed by atoms with Crippen LogP contribution in [-0.4, -0.2) is 30.3 Å². The zero-order chi connectivity index (χ0) is 19.8. The summed E-state index contributed by atoms with van der Waals surface area (Å²) in [6.07, 6.45) is -0.0827. The topological polar surface area (TPSA) is 128 Å². The van der Waals surface area contributed by atoms with Gasteiger partial charge in [0.25, 0.3) is 5.91 Å². The van der Waals surface area contributed by atoms with Gasteiger partial charge in [-0.2, -0.15) is 0 Å². The summed E-state index contributed by atoms with van der Waals surface area (Å²) in [4.78, 5) is 47.0. The van der Waals surface area contributed by atoms with Crippen molar-refractivity contribution in [3.05, 3.63) is 52.2 Å². The first-order chi connectivity index (χ1) is 12.8. The molecule has 0 spiro atoms. The van der Waals surface area contributed by atoms with E-state index in [9.17, 15) is 19.2 Å². The Kier molecular flexibility index (Phi) is 7.07. The van der Waals surface area contributed by atoms with Crippen molar-refractivity contribution in [1.82, 2.24) is 5.32 Å². The molecule has 0 saturated heterocycles. The Bertz CT molecular complexity index is 818. The van der Waals surface area contributed by atoms with Gasteiger partial charge in [-0.15, -0.1) is 11.3 Å². The minimum atomic E-state index is -0.610. The van der Waals surface area contributed by atoms with Gasteiger partial charge in [-0.1, -0.05) is 6.07 Å². The van der Waals surface area contributed by atoms with E-state index in [1.807, 2.05) is 11.4 Å². The quantitative estimate of drug-likeness (QED) is 0.591. The first-order valence-electron chi connectivity index (χ1n) is 8.01. The summed E-state index contributed by atoms with van der Waals surface area (Å²) in [6.45, 7) is 0.899. The van der Waals surface area contributed by atoms with Crippen LogP contribution in [0.1, 0.15) is 34.6 Å². The molecule has 2 rings (SSSR count). The lowest BCUT2D eigenvalue weighted by atomic mass is 10.1. The molecule has 1 aromatic carbocycles. The standard InChI is InChI=1S/C18H19N3O5S/c1-11(22)20-14(15-3-2-8-27-15)9-17(24)26-10-16(23)21-13-6-4-12(5-7-13)18(19)25/h2-8,14H,9-10H2,1H3,(H2,19,25)(H,20,22)(H,21,23). The molecule has 0 fully saturated rings. The second kappa shape index (κ2) is 9.48. The summed E-state index contributed by atoms with van der Waals surface area (Å²) in [5, 5.41) is 7.07. The van der Waals surface area contributed by atoms with Crippen molar-refractivity contribution in [2.45, 2.75) is 19.4 Å². The fraction of sp³-hybridized carbons (Fsp3) is 0.222. The first kappa shape index (κ1) is 20.1. The number of benzene rings is 1. The van der Waals surface area contributed by atoms with Gasteiger partial charge in [-0.25, -0.2) is 0 Å². The van der Waals surface area contributed by atoms with E-state index in [-0.39, 0.29) is 12.3 Å². The van der Waals surface area contributed by atoms with Crippen molar-refractivity contribution in [1.29, 1.82) is 0 Å². The maximum absolute atomic E-state index is 12.0. The Balaban J connectivity index is 1.83. The molecule has 8 nitrogen and oxygen atoms in total. The lowest BCUT2D eigenvalue weighted by Gasteiger charge is -2.15. The number of ether oxygens (including phenoxy) is 1. The summed E-state index contributed by atoms with van der Waals surface area (Å²) in [5.41, 5.74) is 5.90. The molecule has 9 heteroatoms. The summed E-state index contributed by atoms with van der Waals surface area (Å²) in [5.74, 6) is -1.97. The van der Waals surface area contributed by atoms with Crippen LogP contribution in [0.4, 0.5) is 5.69 Å². The van der Waals surface area contributed by atoms with E-state index >= 15 is 0 Å². The van der Waals surface area contributed by atoms with Gasteiger partial charge in [0.1, 0.15) is 0 Å². The predicted molar refractivity (Wildman–Crippen MR) is 100 cm³/mol. The van der Waals surface area contributed by atoms with Crippen LogP contribution < -0.4 is 16.4 Å². The van der Waals surface area contributed by atoms with Crippen molar-refractivity contribution in [3.8, 4) is 0 Å². The molecular weight excluding hydrogens is 370 g/mol. The highest BCUT2D eigenvalue weighted by Gasteiger charge is 2.19. The highest BCUT2D eigenvalue weighted by atomic mass is 32.1. The van der Waals surface area contributed by atoms with Gasteiger partial charge in [-0.05, 0) is 35.7 Å². The van der Waals surface area contributed by atoms with Crippen molar-refractivity contribution >= 4 is 40.7 Å². The Hall–Kier alpha value is -3.20. The van der Waals surface area contributed by atoms with Gasteiger partial charge in [-0.3, -0.25) is 19.2 Å². The summed E-state index contributed by atoms with van der Waals surface area (Å²) in [7, 11) is 0. The molecule has 0 saturated carbocycles. The largest absolute Gasteiger partial charge is 0.455 e. The highest BCUT2D eigenvalue weighted by Crippen LogP contribution is 2.22. The number of esters is 1. The molecule has 3 amide bonds. The van der Waals surface area contributed by atoms with Gasteiger partial charge in [0.05, 0.1) is 12.5 Å². The number of rotatable bonds is 8. The van der Waals surface area contributed by atoms with E-state index in [1.165, 1.54) is 42.5 Å². The van der Waals surface area contributed by atoms with Crippen LogP contribution >= 0.6 is 11.3 Å². The normalized spacial score (nSPS) is 11.3. The van der Waals surface area contributed by atoms with Crippen LogP contribution in [0, 0.1) is 0 Å². The number of hydrogen-bond acceptors (Lipinski definition) is 6. The Morgan fingerprint density at radius 3 is 2.41 bits per heavy atom. The number of nitrogens with one attached hydrogen (secondary N) is 2. The zero-order valence-electron chi connectivity index (χ0n) is 14.6. The number of hydrogen-bond donors (Lipinski definition) is 3. The molecule has 0 aliphatic carbocycles. The lowest BCUT2D eigenvalue weighted by molar-refractivity contribution is -0.147. The Morgan fingerprint density at radius 1 is 1.15 bits per heavy atom. The number of anilines is 1. The smallest absolute Gasteiger partial charge is 0.308 e. The third-order valence-corrected chi connectivity index (χ3v) is 4.44. The minimum Gasteiger partial charge on any atom is -0.455 e. The van der Waals surface area contributed by atoms with Crippen molar-refractivity contribution < 1.29 is 23.9 Å². The van der Waals surface area contributed by atoms with E-state index in [4.69, 9.17) is 10.5 Å². The molecule has 1 aromatic heterocycles. The maximum Gasteiger partial charge on any atom is 0.308 e. The monoisotopic (exact) mass is 389 g/mol. The third-order valence-electron chi connectivity index (χ3n) is 3.45. The highest BCUT2D eigenvalue weighted by molar-refractivity contribution is 7.10. The second-order valence-corrected chi connectivity index (χ2v) is 6.60. The summed E-state index contributed by atoms with van der Waals surface area (Å²) >= 11 is 1.41. The number of carbonyl (C=O) groups excluding carboxylic acids is 4. The van der Waals surface area contributed by atoms with Gasteiger partial charge in [0, 0.05) is 23.1 Å². The predicted octanol–water partition coefficient (Wildman–Crippen LogP) is 1.60. The Morgan fingerprint density at radius 2 is 1.85 bits per heavy atom. The molecule has 27 heavy (non-hydrogen) atoms. The molecule has 0 aliphatic heterocycles. The van der Waals surface area contributed by atoms with E-state index < -0.39 is 30.4 Å². The average molecular weight is 389 g/mol. The fourth-order valence-corrected chi connectivity index (χ4v) is 3.02. The number of amides is 3. The van der Waals surface area contributed by atoms with Crippen LogP contribution in [0.25, 0.3) is 0 Å². The van der Waals surface area contributed by atoms with Crippen molar-refractivity contribution in [2.24, 2.45) is 5.73 Å². The van der Waals surface area contributed by atoms with E-state index in [1.54, 1.807) is 6.07 Å². The SMILES string of the molecule is CC(=O)NC(CC(=O)OCC(=O)Nc1ccc(C(N)=O)cc1)c1cccs1. The molecule has 0 bridgehead atoms. The fourth-order valence-electron chi connectivity index (χ4n) is 2.24. The summed E-state index contributed by atoms with van der Waals surface area (Å²) < 4.78 is 4.98. The van der Waals surface area contributed by atoms with E-state index in [0.717, 1.165) is 4.88 Å².